The maximum absolute atomic E-state index is 9.29. The molecule has 0 atom stereocenters. The van der Waals surface area contributed by atoms with Crippen LogP contribution in [-0.4, -0.2) is 5.11 Å². The summed E-state index contributed by atoms with van der Waals surface area (Å²) in [7, 11) is 0. The van der Waals surface area contributed by atoms with Crippen molar-refractivity contribution in [2.75, 3.05) is 5.32 Å². The average molecular weight is 254 g/mol. The Kier molecular flexibility index (Phi) is 3.22. The van der Waals surface area contributed by atoms with Crippen LogP contribution in [0.4, 0.5) is 11.4 Å². The predicted molar refractivity (Wildman–Crippen MR) is 67.9 cm³/mol. The van der Waals surface area contributed by atoms with E-state index in [1.807, 2.05) is 30.3 Å². The summed E-state index contributed by atoms with van der Waals surface area (Å²) in [6, 6.07) is 12.4. The number of aromatic hydroxyl groups is 1. The molecule has 2 rings (SSSR count). The Morgan fingerprint density at radius 2 is 1.50 bits per heavy atom. The van der Waals surface area contributed by atoms with Crippen LogP contribution < -0.4 is 5.32 Å². The van der Waals surface area contributed by atoms with E-state index in [1.165, 1.54) is 12.1 Å². The van der Waals surface area contributed by atoms with Crippen LogP contribution in [0.5, 0.6) is 5.75 Å². The molecule has 0 saturated heterocycles. The van der Waals surface area contributed by atoms with Gasteiger partial charge in [0.25, 0.3) is 0 Å². The number of nitrogens with one attached hydrogen (secondary N) is 1. The second-order valence-electron chi connectivity index (χ2n) is 3.28. The Hall–Kier alpha value is -1.38. The smallest absolute Gasteiger partial charge is 0.118 e. The SMILES string of the molecule is Oc1cc(Cl)c(Nc2ccccc2)c(Cl)c1. The number of para-hydroxylation sites is 1. The van der Waals surface area contributed by atoms with Crippen LogP contribution >= 0.6 is 23.2 Å². The predicted octanol–water partition coefficient (Wildman–Crippen LogP) is 4.44. The molecule has 0 aliphatic heterocycles. The minimum atomic E-state index is 0.0496. The Bertz CT molecular complexity index is 477. The fourth-order valence-corrected chi connectivity index (χ4v) is 1.92. The average Bonchev–Trinajstić information content (AvgIpc) is 2.25. The first-order valence-corrected chi connectivity index (χ1v) is 5.42. The Labute approximate surface area is 103 Å². The second-order valence-corrected chi connectivity index (χ2v) is 4.09. The minimum absolute atomic E-state index is 0.0496. The summed E-state index contributed by atoms with van der Waals surface area (Å²) in [6.07, 6.45) is 0. The van der Waals surface area contributed by atoms with Crippen LogP contribution in [0.15, 0.2) is 42.5 Å². The van der Waals surface area contributed by atoms with Crippen molar-refractivity contribution in [3.8, 4) is 5.75 Å². The van der Waals surface area contributed by atoms with Gasteiger partial charge >= 0.3 is 0 Å². The number of hydrogen-bond donors (Lipinski definition) is 2. The number of rotatable bonds is 2. The van der Waals surface area contributed by atoms with Crippen molar-refractivity contribution < 1.29 is 5.11 Å². The summed E-state index contributed by atoms with van der Waals surface area (Å²) < 4.78 is 0. The molecule has 0 bridgehead atoms. The third-order valence-electron chi connectivity index (χ3n) is 2.07. The molecule has 0 aliphatic carbocycles. The lowest BCUT2D eigenvalue weighted by Crippen LogP contribution is -1.91. The zero-order valence-electron chi connectivity index (χ0n) is 8.24. The summed E-state index contributed by atoms with van der Waals surface area (Å²) >= 11 is 12.0. The summed E-state index contributed by atoms with van der Waals surface area (Å²) in [5, 5.41) is 13.1. The lowest BCUT2D eigenvalue weighted by molar-refractivity contribution is 0.475. The van der Waals surface area contributed by atoms with E-state index in [2.05, 4.69) is 5.32 Å². The lowest BCUT2D eigenvalue weighted by Gasteiger charge is -2.10. The van der Waals surface area contributed by atoms with Crippen molar-refractivity contribution >= 4 is 34.6 Å². The Balaban J connectivity index is 2.35. The lowest BCUT2D eigenvalue weighted by atomic mass is 10.2. The quantitative estimate of drug-likeness (QED) is 0.776. The van der Waals surface area contributed by atoms with Crippen LogP contribution in [0.3, 0.4) is 0 Å². The second kappa shape index (κ2) is 4.64. The van der Waals surface area contributed by atoms with Crippen molar-refractivity contribution in [1.82, 2.24) is 0 Å². The minimum Gasteiger partial charge on any atom is -0.508 e. The largest absolute Gasteiger partial charge is 0.508 e. The maximum Gasteiger partial charge on any atom is 0.118 e. The van der Waals surface area contributed by atoms with Gasteiger partial charge < -0.3 is 10.4 Å². The first kappa shape index (κ1) is 11.1. The molecule has 2 nitrogen and oxygen atoms in total. The molecule has 16 heavy (non-hydrogen) atoms. The highest BCUT2D eigenvalue weighted by Gasteiger charge is 2.07. The van der Waals surface area contributed by atoms with Crippen molar-refractivity contribution in [1.29, 1.82) is 0 Å². The number of halogens is 2. The highest BCUT2D eigenvalue weighted by Crippen LogP contribution is 2.36. The van der Waals surface area contributed by atoms with Gasteiger partial charge in [-0.1, -0.05) is 41.4 Å². The van der Waals surface area contributed by atoms with Crippen molar-refractivity contribution in [3.63, 3.8) is 0 Å². The summed E-state index contributed by atoms with van der Waals surface area (Å²) in [4.78, 5) is 0. The fraction of sp³-hybridized carbons (Fsp3) is 0. The molecule has 4 heteroatoms. The molecule has 0 saturated carbocycles. The first-order valence-electron chi connectivity index (χ1n) is 4.67. The van der Waals surface area contributed by atoms with Crippen LogP contribution in [0.2, 0.25) is 10.0 Å². The van der Waals surface area contributed by atoms with Crippen LogP contribution in [0, 0.1) is 0 Å². The van der Waals surface area contributed by atoms with Crippen molar-refractivity contribution in [2.45, 2.75) is 0 Å². The van der Waals surface area contributed by atoms with Gasteiger partial charge in [-0.05, 0) is 12.1 Å². The van der Waals surface area contributed by atoms with Crippen LogP contribution in [-0.2, 0) is 0 Å². The van der Waals surface area contributed by atoms with Gasteiger partial charge in [0, 0.05) is 17.8 Å². The van der Waals surface area contributed by atoms with Gasteiger partial charge in [0.2, 0.25) is 0 Å². The standard InChI is InChI=1S/C12H9Cl2NO/c13-10-6-9(16)7-11(14)12(10)15-8-4-2-1-3-5-8/h1-7,15-16H. The zero-order chi connectivity index (χ0) is 11.5. The molecule has 0 spiro atoms. The van der Waals surface area contributed by atoms with Gasteiger partial charge in [-0.15, -0.1) is 0 Å². The number of phenolic OH excluding ortho intramolecular Hbond substituents is 1. The summed E-state index contributed by atoms with van der Waals surface area (Å²) in [5.74, 6) is 0.0496. The number of anilines is 2. The molecular formula is C12H9Cl2NO. The molecule has 0 fully saturated rings. The zero-order valence-corrected chi connectivity index (χ0v) is 9.76. The van der Waals surface area contributed by atoms with E-state index in [0.717, 1.165) is 5.69 Å². The van der Waals surface area contributed by atoms with E-state index >= 15 is 0 Å². The van der Waals surface area contributed by atoms with Crippen LogP contribution in [0.1, 0.15) is 0 Å². The molecule has 0 aliphatic rings. The van der Waals surface area contributed by atoms with Gasteiger partial charge in [-0.25, -0.2) is 0 Å². The van der Waals surface area contributed by atoms with Gasteiger partial charge in [0.15, 0.2) is 0 Å². The first-order chi connectivity index (χ1) is 7.66. The van der Waals surface area contributed by atoms with Gasteiger partial charge in [-0.3, -0.25) is 0 Å². The molecule has 0 unspecified atom stereocenters. The highest BCUT2D eigenvalue weighted by atomic mass is 35.5. The van der Waals surface area contributed by atoms with Gasteiger partial charge in [0.1, 0.15) is 5.75 Å². The van der Waals surface area contributed by atoms with E-state index in [-0.39, 0.29) is 5.75 Å². The van der Waals surface area contributed by atoms with Crippen molar-refractivity contribution in [2.24, 2.45) is 0 Å². The van der Waals surface area contributed by atoms with Gasteiger partial charge in [0.05, 0.1) is 15.7 Å². The molecular weight excluding hydrogens is 245 g/mol. The van der Waals surface area contributed by atoms with Gasteiger partial charge in [-0.2, -0.15) is 0 Å². The topological polar surface area (TPSA) is 32.3 Å². The Morgan fingerprint density at radius 1 is 0.938 bits per heavy atom. The van der Waals surface area contributed by atoms with E-state index in [9.17, 15) is 5.11 Å². The number of benzene rings is 2. The van der Waals surface area contributed by atoms with Crippen LogP contribution in [0.25, 0.3) is 0 Å². The van der Waals surface area contributed by atoms with E-state index < -0.39 is 0 Å². The monoisotopic (exact) mass is 253 g/mol. The summed E-state index contributed by atoms with van der Waals surface area (Å²) in [6.45, 7) is 0. The fourth-order valence-electron chi connectivity index (χ4n) is 1.34. The Morgan fingerprint density at radius 3 is 2.06 bits per heavy atom. The molecule has 0 aromatic heterocycles. The normalized spacial score (nSPS) is 10.1. The highest BCUT2D eigenvalue weighted by molar-refractivity contribution is 6.39. The molecule has 2 aromatic rings. The van der Waals surface area contributed by atoms with E-state index in [4.69, 9.17) is 23.2 Å². The maximum atomic E-state index is 9.29. The van der Waals surface area contributed by atoms with Crippen molar-refractivity contribution in [3.05, 3.63) is 52.5 Å². The molecule has 0 radical (unpaired) electrons. The number of phenols is 1. The molecule has 82 valence electrons. The third kappa shape index (κ3) is 2.40. The molecule has 2 aromatic carbocycles. The number of hydrogen-bond acceptors (Lipinski definition) is 2. The van der Waals surface area contributed by atoms with E-state index in [1.54, 1.807) is 0 Å². The molecule has 0 amide bonds. The van der Waals surface area contributed by atoms with E-state index in [0.29, 0.717) is 15.7 Å². The third-order valence-corrected chi connectivity index (χ3v) is 2.67. The molecule has 0 heterocycles. The summed E-state index contributed by atoms with van der Waals surface area (Å²) in [5.41, 5.74) is 1.48. The molecule has 2 N–H and O–H groups in total.